The third-order valence-corrected chi connectivity index (χ3v) is 6.79. The number of hydrogen-bond acceptors (Lipinski definition) is 6. The highest BCUT2D eigenvalue weighted by Gasteiger charge is 2.24. The monoisotopic (exact) mass is 472 g/mol. The Balaban J connectivity index is 1.39. The molecule has 0 radical (unpaired) electrons. The van der Waals surface area contributed by atoms with E-state index in [9.17, 15) is 14.7 Å². The van der Waals surface area contributed by atoms with Crippen molar-refractivity contribution in [3.8, 4) is 11.1 Å². The van der Waals surface area contributed by atoms with Crippen LogP contribution in [0, 0.1) is 6.92 Å². The number of nitrogens with one attached hydrogen (secondary N) is 2. The maximum Gasteiger partial charge on any atom is 0.326 e. The predicted octanol–water partition coefficient (Wildman–Crippen LogP) is 4.67. The van der Waals surface area contributed by atoms with Crippen LogP contribution in [-0.4, -0.2) is 39.0 Å². The van der Waals surface area contributed by atoms with Gasteiger partial charge in [-0.15, -0.1) is 11.3 Å². The molecule has 0 aliphatic heterocycles. The molecule has 8 heteroatoms. The van der Waals surface area contributed by atoms with Gasteiger partial charge in [-0.05, 0) is 72.2 Å². The molecule has 0 spiro atoms. The third kappa shape index (κ3) is 4.92. The molecule has 1 unspecified atom stereocenters. The van der Waals surface area contributed by atoms with Crippen molar-refractivity contribution in [3.63, 3.8) is 0 Å². The van der Waals surface area contributed by atoms with Gasteiger partial charge in [0.05, 0.1) is 5.52 Å². The molecule has 1 aliphatic rings. The Hall–Kier alpha value is -3.78. The van der Waals surface area contributed by atoms with Crippen LogP contribution in [0.15, 0.2) is 60.1 Å². The molecule has 0 bridgehead atoms. The lowest BCUT2D eigenvalue weighted by Gasteiger charge is -2.14. The van der Waals surface area contributed by atoms with Crippen molar-refractivity contribution in [2.75, 3.05) is 5.32 Å². The topological polar surface area (TPSA) is 104 Å². The van der Waals surface area contributed by atoms with Gasteiger partial charge in [0, 0.05) is 34.5 Å². The largest absolute Gasteiger partial charge is 0.480 e. The highest BCUT2D eigenvalue weighted by atomic mass is 32.1. The molecule has 0 saturated heterocycles. The average molecular weight is 473 g/mol. The van der Waals surface area contributed by atoms with Crippen molar-refractivity contribution in [2.24, 2.45) is 0 Å². The molecule has 2 aromatic carbocycles. The maximum atomic E-state index is 12.5. The van der Waals surface area contributed by atoms with Crippen molar-refractivity contribution >= 4 is 40.1 Å². The molecule has 34 heavy (non-hydrogen) atoms. The summed E-state index contributed by atoms with van der Waals surface area (Å²) in [4.78, 5) is 34.1. The van der Waals surface area contributed by atoms with E-state index < -0.39 is 12.0 Å². The highest BCUT2D eigenvalue weighted by Crippen LogP contribution is 2.28. The fraction of sp³-hybridized carbons (Fsp3) is 0.231. The van der Waals surface area contributed by atoms with Gasteiger partial charge in [0.1, 0.15) is 6.04 Å². The molecular formula is C26H24N4O3S. The number of benzene rings is 2. The molecule has 2 aromatic heterocycles. The van der Waals surface area contributed by atoms with E-state index in [-0.39, 0.29) is 11.9 Å². The predicted molar refractivity (Wildman–Crippen MR) is 133 cm³/mol. The van der Waals surface area contributed by atoms with Crippen LogP contribution >= 0.6 is 11.3 Å². The van der Waals surface area contributed by atoms with E-state index in [4.69, 9.17) is 0 Å². The average Bonchev–Trinajstić information content (AvgIpc) is 3.49. The van der Waals surface area contributed by atoms with Crippen LogP contribution in [0.4, 0.5) is 5.95 Å². The van der Waals surface area contributed by atoms with Crippen molar-refractivity contribution < 1.29 is 14.7 Å². The van der Waals surface area contributed by atoms with E-state index in [0.29, 0.717) is 23.5 Å². The van der Waals surface area contributed by atoms with Gasteiger partial charge in [-0.25, -0.2) is 14.8 Å². The van der Waals surface area contributed by atoms with Crippen LogP contribution in [0.5, 0.6) is 0 Å². The van der Waals surface area contributed by atoms with E-state index in [1.165, 1.54) is 11.3 Å². The number of anilines is 1. The Kier molecular flexibility index (Phi) is 5.98. The van der Waals surface area contributed by atoms with Crippen LogP contribution < -0.4 is 10.6 Å². The van der Waals surface area contributed by atoms with Gasteiger partial charge < -0.3 is 15.7 Å². The number of rotatable bonds is 8. The van der Waals surface area contributed by atoms with Crippen molar-refractivity contribution in [1.29, 1.82) is 0 Å². The fourth-order valence-corrected chi connectivity index (χ4v) is 4.58. The maximum absolute atomic E-state index is 12.5. The second-order valence-corrected chi connectivity index (χ2v) is 9.60. The number of carboxylic acids is 1. The molecule has 1 aliphatic carbocycles. The molecule has 3 N–H and O–H groups in total. The number of aryl methyl sites for hydroxylation is 1. The first kappa shape index (κ1) is 22.0. The van der Waals surface area contributed by atoms with Crippen LogP contribution in [0.2, 0.25) is 0 Å². The zero-order valence-corrected chi connectivity index (χ0v) is 19.4. The van der Waals surface area contributed by atoms with Gasteiger partial charge >= 0.3 is 5.97 Å². The molecule has 1 amide bonds. The van der Waals surface area contributed by atoms with E-state index in [2.05, 4.69) is 20.6 Å². The number of carbonyl (C=O) groups is 2. The van der Waals surface area contributed by atoms with Gasteiger partial charge in [-0.3, -0.25) is 4.79 Å². The summed E-state index contributed by atoms with van der Waals surface area (Å²) in [5.74, 6) is -0.716. The lowest BCUT2D eigenvalue weighted by atomic mass is 9.97. The molecule has 5 rings (SSSR count). The zero-order valence-electron chi connectivity index (χ0n) is 18.6. The van der Waals surface area contributed by atoms with Gasteiger partial charge in [-0.1, -0.05) is 18.2 Å². The lowest BCUT2D eigenvalue weighted by Crippen LogP contribution is -2.32. The Morgan fingerprint density at radius 1 is 1.18 bits per heavy atom. The number of carboxylic acid groups (broad SMARTS) is 1. The van der Waals surface area contributed by atoms with Gasteiger partial charge in [0.2, 0.25) is 5.95 Å². The first-order valence-electron chi connectivity index (χ1n) is 11.2. The summed E-state index contributed by atoms with van der Waals surface area (Å²) in [7, 11) is 0. The number of thiophene rings is 1. The van der Waals surface area contributed by atoms with Crippen LogP contribution in [0.1, 0.15) is 33.6 Å². The summed E-state index contributed by atoms with van der Waals surface area (Å²) < 4.78 is 0. The minimum absolute atomic E-state index is 0.0425. The van der Waals surface area contributed by atoms with Crippen LogP contribution in [-0.2, 0) is 11.2 Å². The number of aliphatic carboxylic acids is 1. The first-order chi connectivity index (χ1) is 16.5. The summed E-state index contributed by atoms with van der Waals surface area (Å²) in [6.07, 6.45) is 4.15. The van der Waals surface area contributed by atoms with Crippen molar-refractivity contribution in [3.05, 3.63) is 76.1 Å². The molecule has 2 heterocycles. The summed E-state index contributed by atoms with van der Waals surface area (Å²) >= 11 is 1.52. The fourth-order valence-electron chi connectivity index (χ4n) is 3.83. The van der Waals surface area contributed by atoms with Gasteiger partial charge in [-0.2, -0.15) is 0 Å². The number of aromatic nitrogens is 2. The molecule has 1 saturated carbocycles. The lowest BCUT2D eigenvalue weighted by molar-refractivity contribution is -0.137. The van der Waals surface area contributed by atoms with Gasteiger partial charge in [0.15, 0.2) is 0 Å². The molecule has 1 atom stereocenters. The normalized spacial score (nSPS) is 14.0. The first-order valence-corrected chi connectivity index (χ1v) is 12.0. The minimum Gasteiger partial charge on any atom is -0.480 e. The van der Waals surface area contributed by atoms with Crippen molar-refractivity contribution in [1.82, 2.24) is 15.3 Å². The molecule has 172 valence electrons. The zero-order chi connectivity index (χ0) is 23.7. The quantitative estimate of drug-likeness (QED) is 0.344. The summed E-state index contributed by atoms with van der Waals surface area (Å²) in [5.41, 5.74) is 4.38. The van der Waals surface area contributed by atoms with E-state index in [1.807, 2.05) is 60.8 Å². The smallest absolute Gasteiger partial charge is 0.326 e. The molecule has 1 fully saturated rings. The second kappa shape index (κ2) is 9.23. The second-order valence-electron chi connectivity index (χ2n) is 8.56. The number of hydrogen-bond donors (Lipinski definition) is 3. The Labute approximate surface area is 200 Å². The number of nitrogens with zero attached hydrogens (tertiary/aromatic N) is 2. The summed E-state index contributed by atoms with van der Waals surface area (Å²) in [6, 6.07) is 14.9. The number of fused-ring (bicyclic) bond motifs is 1. The third-order valence-electron chi connectivity index (χ3n) is 5.89. The van der Waals surface area contributed by atoms with Crippen molar-refractivity contribution in [2.45, 2.75) is 38.3 Å². The van der Waals surface area contributed by atoms with E-state index in [0.717, 1.165) is 39.8 Å². The Morgan fingerprint density at radius 3 is 2.76 bits per heavy atom. The van der Waals surface area contributed by atoms with Gasteiger partial charge in [0.25, 0.3) is 5.91 Å². The minimum atomic E-state index is -0.950. The molecule has 7 nitrogen and oxygen atoms in total. The Bertz CT molecular complexity index is 1370. The van der Waals surface area contributed by atoms with Crippen LogP contribution in [0.25, 0.3) is 22.0 Å². The molecule has 4 aromatic rings. The van der Waals surface area contributed by atoms with Crippen LogP contribution in [0.3, 0.4) is 0 Å². The van der Waals surface area contributed by atoms with E-state index in [1.54, 1.807) is 6.20 Å². The highest BCUT2D eigenvalue weighted by molar-refractivity contribution is 7.09. The summed E-state index contributed by atoms with van der Waals surface area (Å²) in [6.45, 7) is 2.02. The standard InChI is InChI=1S/C26H24N4O3S/c1-15-4-5-17(24(31)28-19-7-8-19)12-21(15)16-6-9-22-18(11-16)14-27-26(29-22)30-23(25(32)33)13-20-3-2-10-34-20/h2-6,9-12,14,19,23H,7-8,13H2,1H3,(H,28,31)(H,32,33)(H,27,29,30). The molecular weight excluding hydrogens is 448 g/mol. The van der Waals surface area contributed by atoms with E-state index >= 15 is 0 Å². The summed E-state index contributed by atoms with van der Waals surface area (Å²) in [5, 5.41) is 18.3. The Morgan fingerprint density at radius 2 is 2.03 bits per heavy atom. The number of amides is 1. The SMILES string of the molecule is Cc1ccc(C(=O)NC2CC2)cc1-c1ccc2nc(NC(Cc3cccs3)C(=O)O)ncc2c1. The number of carbonyl (C=O) groups excluding carboxylic acids is 1.